The highest BCUT2D eigenvalue weighted by Gasteiger charge is 2.45. The summed E-state index contributed by atoms with van der Waals surface area (Å²) in [6.07, 6.45) is 2.26. The Labute approximate surface area is 162 Å². The van der Waals surface area contributed by atoms with Crippen molar-refractivity contribution in [1.29, 1.82) is 0 Å². The molecular weight excluding hydrogens is 370 g/mol. The fraction of sp³-hybridized carbons (Fsp3) is 0.632. The van der Waals surface area contributed by atoms with Gasteiger partial charge in [0.2, 0.25) is 11.8 Å². The third kappa shape index (κ3) is 5.08. The second-order valence-electron chi connectivity index (χ2n) is 8.18. The number of rotatable bonds is 8. The molecule has 2 aliphatic rings. The predicted molar refractivity (Wildman–Crippen MR) is 99.8 cm³/mol. The van der Waals surface area contributed by atoms with Gasteiger partial charge in [-0.1, -0.05) is 0 Å². The Kier molecular flexibility index (Phi) is 5.45. The lowest BCUT2D eigenvalue weighted by Crippen LogP contribution is -2.56. The fourth-order valence-electron chi connectivity index (χ4n) is 2.98. The van der Waals surface area contributed by atoms with Crippen LogP contribution in [-0.2, 0) is 4.79 Å². The number of anilines is 1. The van der Waals surface area contributed by atoms with Crippen molar-refractivity contribution in [1.82, 2.24) is 15.6 Å². The van der Waals surface area contributed by atoms with Crippen molar-refractivity contribution in [3.63, 3.8) is 0 Å². The maximum absolute atomic E-state index is 13.3. The number of pyridine rings is 1. The second-order valence-corrected chi connectivity index (χ2v) is 8.18. The van der Waals surface area contributed by atoms with E-state index in [0.717, 1.165) is 12.8 Å². The van der Waals surface area contributed by atoms with Crippen molar-refractivity contribution in [3.8, 4) is 5.88 Å². The van der Waals surface area contributed by atoms with E-state index in [1.165, 1.54) is 18.0 Å². The number of alkyl halides is 2. The summed E-state index contributed by atoms with van der Waals surface area (Å²) in [5.41, 5.74) is -0.189. The standard InChI is InChI=1S/C19H26F2N4O3/c1-18(2,8-15(26)22-3)24-16(27)13-6-7-14(25-10-19(20,21)11-25)17(23-13)28-9-12-4-5-12/h6-7,12H,4-5,8-11H2,1-3H3,(H,22,26)(H,24,27). The highest BCUT2D eigenvalue weighted by Crippen LogP contribution is 2.38. The van der Waals surface area contributed by atoms with E-state index >= 15 is 0 Å². The van der Waals surface area contributed by atoms with Crippen LogP contribution >= 0.6 is 0 Å². The smallest absolute Gasteiger partial charge is 0.282 e. The lowest BCUT2D eigenvalue weighted by atomic mass is 10.00. The Morgan fingerprint density at radius 1 is 1.32 bits per heavy atom. The first-order valence-corrected chi connectivity index (χ1v) is 9.38. The second kappa shape index (κ2) is 7.52. The maximum Gasteiger partial charge on any atom is 0.282 e. The molecule has 3 rings (SSSR count). The molecule has 0 radical (unpaired) electrons. The van der Waals surface area contributed by atoms with E-state index in [1.54, 1.807) is 19.9 Å². The number of nitrogens with zero attached hydrogens (tertiary/aromatic N) is 2. The molecule has 28 heavy (non-hydrogen) atoms. The molecule has 1 saturated heterocycles. The summed E-state index contributed by atoms with van der Waals surface area (Å²) in [7, 11) is 1.53. The molecule has 1 aromatic heterocycles. The summed E-state index contributed by atoms with van der Waals surface area (Å²) in [6.45, 7) is 3.15. The van der Waals surface area contributed by atoms with Crippen molar-refractivity contribution in [3.05, 3.63) is 17.8 Å². The van der Waals surface area contributed by atoms with Crippen LogP contribution in [-0.4, -0.2) is 55.0 Å². The van der Waals surface area contributed by atoms with E-state index in [4.69, 9.17) is 4.74 Å². The molecule has 1 saturated carbocycles. The third-order valence-electron chi connectivity index (χ3n) is 4.74. The van der Waals surface area contributed by atoms with E-state index in [1.807, 2.05) is 0 Å². The molecule has 0 unspecified atom stereocenters. The van der Waals surface area contributed by atoms with Crippen molar-refractivity contribution < 1.29 is 23.1 Å². The van der Waals surface area contributed by atoms with Crippen LogP contribution in [0.3, 0.4) is 0 Å². The lowest BCUT2D eigenvalue weighted by Gasteiger charge is -2.40. The van der Waals surface area contributed by atoms with Gasteiger partial charge in [0.25, 0.3) is 11.8 Å². The minimum atomic E-state index is -2.71. The van der Waals surface area contributed by atoms with Gasteiger partial charge in [0.05, 0.1) is 19.7 Å². The fourth-order valence-corrected chi connectivity index (χ4v) is 2.98. The number of hydrogen-bond donors (Lipinski definition) is 2. The van der Waals surface area contributed by atoms with Crippen LogP contribution in [0.5, 0.6) is 5.88 Å². The molecule has 2 N–H and O–H groups in total. The topological polar surface area (TPSA) is 83.6 Å². The summed E-state index contributed by atoms with van der Waals surface area (Å²) in [6, 6.07) is 3.08. The van der Waals surface area contributed by atoms with Gasteiger partial charge in [-0.2, -0.15) is 0 Å². The van der Waals surface area contributed by atoms with E-state index in [0.29, 0.717) is 18.2 Å². The SMILES string of the molecule is CNC(=O)CC(C)(C)NC(=O)c1ccc(N2CC(F)(F)C2)c(OCC2CC2)n1. The van der Waals surface area contributed by atoms with Gasteiger partial charge in [-0.3, -0.25) is 9.59 Å². The molecule has 2 amide bonds. The van der Waals surface area contributed by atoms with Gasteiger partial charge in [0, 0.05) is 19.0 Å². The Balaban J connectivity index is 1.74. The van der Waals surface area contributed by atoms with E-state index in [9.17, 15) is 18.4 Å². The Morgan fingerprint density at radius 3 is 2.57 bits per heavy atom. The van der Waals surface area contributed by atoms with Gasteiger partial charge >= 0.3 is 0 Å². The number of nitrogens with one attached hydrogen (secondary N) is 2. The summed E-state index contributed by atoms with van der Waals surface area (Å²) in [4.78, 5) is 30.0. The van der Waals surface area contributed by atoms with Crippen LogP contribution in [0, 0.1) is 5.92 Å². The first kappa shape index (κ1) is 20.3. The molecule has 0 bridgehead atoms. The quantitative estimate of drug-likeness (QED) is 0.702. The average Bonchev–Trinajstić information content (AvgIpc) is 3.41. The normalized spacial score (nSPS) is 18.2. The van der Waals surface area contributed by atoms with Crippen LogP contribution in [0.1, 0.15) is 43.6 Å². The van der Waals surface area contributed by atoms with Gasteiger partial charge in [-0.25, -0.2) is 13.8 Å². The van der Waals surface area contributed by atoms with Gasteiger partial charge in [0.1, 0.15) is 11.4 Å². The van der Waals surface area contributed by atoms with Crippen molar-refractivity contribution in [2.45, 2.75) is 44.6 Å². The van der Waals surface area contributed by atoms with Crippen molar-refractivity contribution in [2.24, 2.45) is 5.92 Å². The van der Waals surface area contributed by atoms with E-state index in [2.05, 4.69) is 15.6 Å². The number of amides is 2. The maximum atomic E-state index is 13.3. The summed E-state index contributed by atoms with van der Waals surface area (Å²) < 4.78 is 32.3. The molecule has 1 aliphatic carbocycles. The van der Waals surface area contributed by atoms with Crippen LogP contribution in [0.4, 0.5) is 14.5 Å². The highest BCUT2D eigenvalue weighted by atomic mass is 19.3. The molecule has 1 aliphatic heterocycles. The van der Waals surface area contributed by atoms with Gasteiger partial charge in [0.15, 0.2) is 0 Å². The number of aromatic nitrogens is 1. The molecule has 9 heteroatoms. The molecule has 0 spiro atoms. The first-order valence-electron chi connectivity index (χ1n) is 9.38. The monoisotopic (exact) mass is 396 g/mol. The zero-order chi connectivity index (χ0) is 20.5. The first-order chi connectivity index (χ1) is 13.1. The number of carbonyl (C=O) groups excluding carboxylic acids is 2. The molecule has 7 nitrogen and oxygen atoms in total. The Bertz CT molecular complexity index is 758. The van der Waals surface area contributed by atoms with Crippen molar-refractivity contribution in [2.75, 3.05) is 31.6 Å². The highest BCUT2D eigenvalue weighted by molar-refractivity contribution is 5.94. The van der Waals surface area contributed by atoms with Gasteiger partial charge in [-0.05, 0) is 44.7 Å². The van der Waals surface area contributed by atoms with Gasteiger partial charge < -0.3 is 20.3 Å². The number of carbonyl (C=O) groups is 2. The summed E-state index contributed by atoms with van der Waals surface area (Å²) in [5, 5.41) is 5.30. The zero-order valence-corrected chi connectivity index (χ0v) is 16.3. The predicted octanol–water partition coefficient (Wildman–Crippen LogP) is 1.97. The van der Waals surface area contributed by atoms with Crippen molar-refractivity contribution >= 4 is 17.5 Å². The molecule has 2 fully saturated rings. The molecule has 0 aromatic carbocycles. The van der Waals surface area contributed by atoms with Gasteiger partial charge in [-0.15, -0.1) is 0 Å². The largest absolute Gasteiger partial charge is 0.476 e. The zero-order valence-electron chi connectivity index (χ0n) is 16.3. The van der Waals surface area contributed by atoms with E-state index in [-0.39, 0.29) is 37.0 Å². The average molecular weight is 396 g/mol. The molecule has 2 heterocycles. The Morgan fingerprint density at radius 2 is 2.00 bits per heavy atom. The van der Waals surface area contributed by atoms with Crippen LogP contribution in [0.25, 0.3) is 0 Å². The number of halogens is 2. The minimum Gasteiger partial charge on any atom is -0.476 e. The van der Waals surface area contributed by atoms with Crippen LogP contribution in [0.2, 0.25) is 0 Å². The molecule has 1 aromatic rings. The lowest BCUT2D eigenvalue weighted by molar-refractivity contribution is -0.121. The molecule has 0 atom stereocenters. The van der Waals surface area contributed by atoms with E-state index < -0.39 is 17.4 Å². The number of ether oxygens (including phenoxy) is 1. The third-order valence-corrected chi connectivity index (χ3v) is 4.74. The molecular formula is C19H26F2N4O3. The minimum absolute atomic E-state index is 0.112. The number of hydrogen-bond acceptors (Lipinski definition) is 5. The van der Waals surface area contributed by atoms with Crippen LogP contribution < -0.4 is 20.3 Å². The summed E-state index contributed by atoms with van der Waals surface area (Å²) >= 11 is 0. The molecule has 154 valence electrons. The van der Waals surface area contributed by atoms with Crippen LogP contribution in [0.15, 0.2) is 12.1 Å². The summed E-state index contributed by atoms with van der Waals surface area (Å²) in [5.74, 6) is -2.71. The Hall–Kier alpha value is -2.45.